The number of nitrogens with zero attached hydrogens (tertiary/aromatic N) is 1. The van der Waals surface area contributed by atoms with Crippen molar-refractivity contribution in [2.75, 3.05) is 13.1 Å². The summed E-state index contributed by atoms with van der Waals surface area (Å²) in [6, 6.07) is 9.72. The first-order chi connectivity index (χ1) is 10.1. The number of benzene rings is 1. The summed E-state index contributed by atoms with van der Waals surface area (Å²) in [5.74, 6) is 0.828. The summed E-state index contributed by atoms with van der Waals surface area (Å²) in [5, 5.41) is 0. The molecule has 1 aliphatic heterocycles. The average molecular weight is 325 g/mol. The summed E-state index contributed by atoms with van der Waals surface area (Å²) in [6.07, 6.45) is 4.73. The maximum Gasteiger partial charge on any atom is 0.227 e. The van der Waals surface area contributed by atoms with E-state index in [0.717, 1.165) is 37.4 Å². The molecule has 0 aliphatic carbocycles. The molecule has 3 unspecified atom stereocenters. The number of halogens is 1. The molecule has 4 heteroatoms. The maximum atomic E-state index is 12.7. The van der Waals surface area contributed by atoms with E-state index < -0.39 is 0 Å². The van der Waals surface area contributed by atoms with Gasteiger partial charge in [0.05, 0.1) is 5.92 Å². The lowest BCUT2D eigenvalue weighted by atomic mass is 9.94. The zero-order chi connectivity index (χ0) is 15.2. The number of carbonyl (C=O) groups is 1. The monoisotopic (exact) mass is 324 g/mol. The van der Waals surface area contributed by atoms with Gasteiger partial charge in [-0.05, 0) is 30.7 Å². The van der Waals surface area contributed by atoms with Gasteiger partial charge in [0.25, 0.3) is 0 Å². The van der Waals surface area contributed by atoms with Crippen molar-refractivity contribution in [3.63, 3.8) is 0 Å². The van der Waals surface area contributed by atoms with E-state index in [2.05, 4.69) is 6.92 Å². The fourth-order valence-corrected chi connectivity index (χ4v) is 3.20. The highest BCUT2D eigenvalue weighted by molar-refractivity contribution is 5.85. The molecule has 1 aromatic carbocycles. The first-order valence-corrected chi connectivity index (χ1v) is 8.22. The number of carbonyl (C=O) groups excluding carboxylic acids is 1. The minimum Gasteiger partial charge on any atom is -0.342 e. The van der Waals surface area contributed by atoms with Crippen LogP contribution in [0.2, 0.25) is 0 Å². The van der Waals surface area contributed by atoms with Gasteiger partial charge in [0.1, 0.15) is 0 Å². The van der Waals surface area contributed by atoms with E-state index in [-0.39, 0.29) is 30.3 Å². The van der Waals surface area contributed by atoms with Gasteiger partial charge in [-0.15, -0.1) is 12.4 Å². The van der Waals surface area contributed by atoms with Gasteiger partial charge in [-0.25, -0.2) is 0 Å². The van der Waals surface area contributed by atoms with Gasteiger partial charge in [-0.1, -0.05) is 50.6 Å². The second kappa shape index (κ2) is 9.16. The second-order valence-corrected chi connectivity index (χ2v) is 6.26. The van der Waals surface area contributed by atoms with Crippen LogP contribution >= 0.6 is 12.4 Å². The van der Waals surface area contributed by atoms with E-state index >= 15 is 0 Å². The quantitative estimate of drug-likeness (QED) is 0.916. The van der Waals surface area contributed by atoms with Crippen molar-refractivity contribution in [3.05, 3.63) is 35.9 Å². The summed E-state index contributed by atoms with van der Waals surface area (Å²) < 4.78 is 0. The van der Waals surface area contributed by atoms with Crippen LogP contribution in [0.25, 0.3) is 0 Å². The molecule has 0 spiro atoms. The van der Waals surface area contributed by atoms with Crippen LogP contribution in [0, 0.1) is 11.8 Å². The summed E-state index contributed by atoms with van der Waals surface area (Å²) >= 11 is 0. The zero-order valence-electron chi connectivity index (χ0n) is 13.7. The molecule has 22 heavy (non-hydrogen) atoms. The topological polar surface area (TPSA) is 46.3 Å². The second-order valence-electron chi connectivity index (χ2n) is 6.26. The van der Waals surface area contributed by atoms with E-state index in [4.69, 9.17) is 5.73 Å². The van der Waals surface area contributed by atoms with Gasteiger partial charge < -0.3 is 10.6 Å². The highest BCUT2D eigenvalue weighted by atomic mass is 35.5. The maximum absolute atomic E-state index is 12.7. The Balaban J connectivity index is 0.00000242. The predicted octanol–water partition coefficient (Wildman–Crippen LogP) is 3.78. The molecule has 3 atom stereocenters. The summed E-state index contributed by atoms with van der Waals surface area (Å²) in [4.78, 5) is 14.7. The molecule has 0 aromatic heterocycles. The molecule has 0 saturated carbocycles. The third-order valence-corrected chi connectivity index (χ3v) is 4.85. The molecule has 2 rings (SSSR count). The molecule has 1 aliphatic rings. The van der Waals surface area contributed by atoms with Crippen LogP contribution in [-0.2, 0) is 4.79 Å². The molecule has 1 aromatic rings. The Morgan fingerprint density at radius 1 is 1.27 bits per heavy atom. The molecule has 3 nitrogen and oxygen atoms in total. The van der Waals surface area contributed by atoms with E-state index in [1.54, 1.807) is 0 Å². The minimum absolute atomic E-state index is 0. The Kier molecular flexibility index (Phi) is 7.91. The van der Waals surface area contributed by atoms with Crippen LogP contribution in [0.1, 0.15) is 51.1 Å². The van der Waals surface area contributed by atoms with Crippen LogP contribution < -0.4 is 5.73 Å². The Hall–Kier alpha value is -1.06. The lowest BCUT2D eigenvalue weighted by Crippen LogP contribution is -2.40. The van der Waals surface area contributed by atoms with Crippen molar-refractivity contribution >= 4 is 18.3 Å². The van der Waals surface area contributed by atoms with Crippen LogP contribution in [0.5, 0.6) is 0 Å². The van der Waals surface area contributed by atoms with Crippen molar-refractivity contribution in [3.8, 4) is 0 Å². The molecule has 1 saturated heterocycles. The van der Waals surface area contributed by atoms with Crippen LogP contribution in [0.15, 0.2) is 30.3 Å². The smallest absolute Gasteiger partial charge is 0.227 e. The highest BCUT2D eigenvalue weighted by Crippen LogP contribution is 2.25. The number of rotatable bonds is 4. The van der Waals surface area contributed by atoms with Crippen molar-refractivity contribution in [2.45, 2.75) is 45.6 Å². The van der Waals surface area contributed by atoms with Gasteiger partial charge >= 0.3 is 0 Å². The van der Waals surface area contributed by atoms with Crippen molar-refractivity contribution in [1.82, 2.24) is 4.90 Å². The Morgan fingerprint density at radius 3 is 2.59 bits per heavy atom. The first kappa shape index (κ1) is 19.0. The van der Waals surface area contributed by atoms with Crippen LogP contribution in [-0.4, -0.2) is 23.9 Å². The van der Waals surface area contributed by atoms with Crippen molar-refractivity contribution < 1.29 is 4.79 Å². The van der Waals surface area contributed by atoms with Gasteiger partial charge in [0.2, 0.25) is 5.91 Å². The van der Waals surface area contributed by atoms with E-state index in [9.17, 15) is 4.79 Å². The first-order valence-electron chi connectivity index (χ1n) is 8.22. The van der Waals surface area contributed by atoms with E-state index in [1.807, 2.05) is 42.2 Å². The van der Waals surface area contributed by atoms with E-state index in [1.165, 1.54) is 12.8 Å². The van der Waals surface area contributed by atoms with Gasteiger partial charge in [-0.3, -0.25) is 4.79 Å². The molecular weight excluding hydrogens is 296 g/mol. The van der Waals surface area contributed by atoms with E-state index in [0.29, 0.717) is 0 Å². The Labute approximate surface area is 140 Å². The lowest BCUT2D eigenvalue weighted by molar-refractivity contribution is -0.135. The summed E-state index contributed by atoms with van der Waals surface area (Å²) in [6.45, 7) is 5.99. The third kappa shape index (κ3) is 4.72. The predicted molar refractivity (Wildman–Crippen MR) is 94.0 cm³/mol. The highest BCUT2D eigenvalue weighted by Gasteiger charge is 2.28. The largest absolute Gasteiger partial charge is 0.342 e. The SMILES string of the molecule is CCC1CCCN(C(=O)C(C)C(N)c2ccccc2)CC1.Cl. The number of amides is 1. The van der Waals surface area contributed by atoms with Gasteiger partial charge in [-0.2, -0.15) is 0 Å². The molecule has 1 amide bonds. The normalized spacial score (nSPS) is 21.4. The molecule has 0 radical (unpaired) electrons. The third-order valence-electron chi connectivity index (χ3n) is 4.85. The standard InChI is InChI=1S/C18H28N2O.ClH/c1-3-15-8-7-12-20(13-11-15)18(21)14(2)17(19)16-9-5-4-6-10-16;/h4-6,9-10,14-15,17H,3,7-8,11-13,19H2,1-2H3;1H. The summed E-state index contributed by atoms with van der Waals surface area (Å²) in [5.41, 5.74) is 7.33. The molecule has 1 fully saturated rings. The number of nitrogens with two attached hydrogens (primary N) is 1. The Morgan fingerprint density at radius 2 is 1.95 bits per heavy atom. The Bertz CT molecular complexity index is 452. The zero-order valence-corrected chi connectivity index (χ0v) is 14.5. The fraction of sp³-hybridized carbons (Fsp3) is 0.611. The molecule has 0 bridgehead atoms. The van der Waals surface area contributed by atoms with Crippen molar-refractivity contribution in [1.29, 1.82) is 0 Å². The van der Waals surface area contributed by atoms with Crippen molar-refractivity contribution in [2.24, 2.45) is 17.6 Å². The van der Waals surface area contributed by atoms with Gasteiger partial charge in [0.15, 0.2) is 0 Å². The molecule has 2 N–H and O–H groups in total. The molecule has 1 heterocycles. The van der Waals surface area contributed by atoms with Crippen LogP contribution in [0.3, 0.4) is 0 Å². The minimum atomic E-state index is -0.219. The number of hydrogen-bond donors (Lipinski definition) is 1. The summed E-state index contributed by atoms with van der Waals surface area (Å²) in [7, 11) is 0. The van der Waals surface area contributed by atoms with Crippen LogP contribution in [0.4, 0.5) is 0 Å². The fourth-order valence-electron chi connectivity index (χ4n) is 3.20. The number of hydrogen-bond acceptors (Lipinski definition) is 2. The lowest BCUT2D eigenvalue weighted by Gasteiger charge is -2.27. The average Bonchev–Trinajstić information content (AvgIpc) is 2.79. The van der Waals surface area contributed by atoms with Gasteiger partial charge in [0, 0.05) is 19.1 Å². The molecule has 124 valence electrons. The molecular formula is C18H29ClN2O. The number of likely N-dealkylation sites (tertiary alicyclic amines) is 1.